The van der Waals surface area contributed by atoms with Gasteiger partial charge in [0.05, 0.1) is 5.02 Å². The summed E-state index contributed by atoms with van der Waals surface area (Å²) >= 11 is 13.6. The molecule has 1 aromatic rings. The van der Waals surface area contributed by atoms with Crippen molar-refractivity contribution in [2.75, 3.05) is 12.3 Å². The van der Waals surface area contributed by atoms with Crippen molar-refractivity contribution in [2.45, 2.75) is 37.1 Å². The number of thioether (sulfide) groups is 1. The maximum absolute atomic E-state index is 11.3. The summed E-state index contributed by atoms with van der Waals surface area (Å²) in [5.41, 5.74) is -0.868. The minimum Gasteiger partial charge on any atom is -0.480 e. The smallest absolute Gasteiger partial charge is 0.323 e. The van der Waals surface area contributed by atoms with E-state index in [2.05, 4.69) is 5.32 Å². The van der Waals surface area contributed by atoms with Crippen LogP contribution in [0.3, 0.4) is 0 Å². The maximum Gasteiger partial charge on any atom is 0.323 e. The topological polar surface area (TPSA) is 49.3 Å². The van der Waals surface area contributed by atoms with Crippen LogP contribution in [0.25, 0.3) is 0 Å². The number of aliphatic carboxylic acids is 1. The van der Waals surface area contributed by atoms with Gasteiger partial charge in [0.15, 0.2) is 0 Å². The number of carboxylic acid groups (broad SMARTS) is 1. The molecule has 0 aromatic heterocycles. The molecule has 0 radical (unpaired) electrons. The molecule has 0 aliphatic heterocycles. The van der Waals surface area contributed by atoms with Gasteiger partial charge in [0.1, 0.15) is 5.54 Å². The van der Waals surface area contributed by atoms with E-state index in [0.717, 1.165) is 17.1 Å². The van der Waals surface area contributed by atoms with Crippen LogP contribution in [-0.4, -0.2) is 28.9 Å². The molecule has 3 nitrogen and oxygen atoms in total. The van der Waals surface area contributed by atoms with E-state index in [9.17, 15) is 9.90 Å². The van der Waals surface area contributed by atoms with Gasteiger partial charge in [-0.3, -0.25) is 4.79 Å². The van der Waals surface area contributed by atoms with Crippen molar-refractivity contribution in [3.8, 4) is 0 Å². The summed E-state index contributed by atoms with van der Waals surface area (Å²) in [5, 5.41) is 13.6. The highest BCUT2D eigenvalue weighted by Crippen LogP contribution is 2.30. The van der Waals surface area contributed by atoms with Gasteiger partial charge >= 0.3 is 5.97 Å². The van der Waals surface area contributed by atoms with Gasteiger partial charge in [-0.15, -0.1) is 11.8 Å². The zero-order valence-electron chi connectivity index (χ0n) is 11.6. The van der Waals surface area contributed by atoms with E-state index in [1.54, 1.807) is 30.8 Å². The third-order valence-corrected chi connectivity index (χ3v) is 4.83. The van der Waals surface area contributed by atoms with Crippen molar-refractivity contribution in [1.82, 2.24) is 5.32 Å². The molecule has 1 rings (SSSR count). The van der Waals surface area contributed by atoms with Crippen LogP contribution in [0.2, 0.25) is 10.0 Å². The molecule has 20 heavy (non-hydrogen) atoms. The SMILES string of the molecule is CCNC(C)(CCCSc1cc(Cl)ccc1Cl)C(=O)O. The molecule has 0 fully saturated rings. The fourth-order valence-electron chi connectivity index (χ4n) is 1.86. The predicted octanol–water partition coefficient (Wildman–Crippen LogP) is 4.32. The second-order valence-corrected chi connectivity index (χ2v) is 6.67. The zero-order valence-corrected chi connectivity index (χ0v) is 13.9. The van der Waals surface area contributed by atoms with Crippen LogP contribution in [0.1, 0.15) is 26.7 Å². The molecule has 1 aromatic carbocycles. The van der Waals surface area contributed by atoms with E-state index in [0.29, 0.717) is 23.0 Å². The van der Waals surface area contributed by atoms with Gasteiger partial charge in [0.25, 0.3) is 0 Å². The summed E-state index contributed by atoms with van der Waals surface area (Å²) in [5.74, 6) is -0.0148. The number of benzene rings is 1. The van der Waals surface area contributed by atoms with Crippen LogP contribution in [0.4, 0.5) is 0 Å². The van der Waals surface area contributed by atoms with E-state index in [-0.39, 0.29) is 0 Å². The standard InChI is InChI=1S/C14H19Cl2NO2S/c1-3-17-14(2,13(18)19)7-4-8-20-12-9-10(15)5-6-11(12)16/h5-6,9,17H,3-4,7-8H2,1-2H3,(H,18,19). The number of likely N-dealkylation sites (N-methyl/N-ethyl adjacent to an activating group) is 1. The highest BCUT2D eigenvalue weighted by molar-refractivity contribution is 7.99. The quantitative estimate of drug-likeness (QED) is 0.548. The fraction of sp³-hybridized carbons (Fsp3) is 0.500. The molecule has 0 heterocycles. The summed E-state index contributed by atoms with van der Waals surface area (Å²) < 4.78 is 0. The van der Waals surface area contributed by atoms with Crippen LogP contribution in [0.5, 0.6) is 0 Å². The van der Waals surface area contributed by atoms with E-state index in [4.69, 9.17) is 23.2 Å². The Morgan fingerprint density at radius 2 is 2.15 bits per heavy atom. The number of hydrogen-bond donors (Lipinski definition) is 2. The number of nitrogens with one attached hydrogen (secondary N) is 1. The summed E-state index contributed by atoms with van der Waals surface area (Å²) in [7, 11) is 0. The fourth-order valence-corrected chi connectivity index (χ4v) is 3.30. The lowest BCUT2D eigenvalue weighted by molar-refractivity contribution is -0.144. The second kappa shape index (κ2) is 8.13. The Hall–Kier alpha value is -0.420. The van der Waals surface area contributed by atoms with Crippen molar-refractivity contribution in [3.05, 3.63) is 28.2 Å². The first-order valence-corrected chi connectivity index (χ1v) is 8.19. The van der Waals surface area contributed by atoms with E-state index >= 15 is 0 Å². The highest BCUT2D eigenvalue weighted by Gasteiger charge is 2.31. The lowest BCUT2D eigenvalue weighted by atomic mass is 9.96. The number of hydrogen-bond acceptors (Lipinski definition) is 3. The summed E-state index contributed by atoms with van der Waals surface area (Å²) in [6.45, 7) is 4.26. The van der Waals surface area contributed by atoms with Gasteiger partial charge in [-0.05, 0) is 50.3 Å². The average Bonchev–Trinajstić information content (AvgIpc) is 2.38. The Morgan fingerprint density at radius 3 is 2.75 bits per heavy atom. The van der Waals surface area contributed by atoms with Gasteiger partial charge in [-0.2, -0.15) is 0 Å². The normalized spacial score (nSPS) is 14.0. The molecule has 0 amide bonds. The molecular formula is C14H19Cl2NO2S. The molecule has 0 aliphatic carbocycles. The van der Waals surface area contributed by atoms with Crippen LogP contribution < -0.4 is 5.32 Å². The number of rotatable bonds is 8. The van der Waals surface area contributed by atoms with Gasteiger partial charge in [-0.1, -0.05) is 30.1 Å². The molecule has 1 atom stereocenters. The minimum atomic E-state index is -0.868. The maximum atomic E-state index is 11.3. The molecule has 0 saturated carbocycles. The molecule has 6 heteroatoms. The Labute approximate surface area is 134 Å². The van der Waals surface area contributed by atoms with Crippen LogP contribution >= 0.6 is 35.0 Å². The Kier molecular flexibility index (Phi) is 7.17. The molecule has 0 bridgehead atoms. The molecule has 2 N–H and O–H groups in total. The van der Waals surface area contributed by atoms with Gasteiger partial charge in [-0.25, -0.2) is 0 Å². The summed E-state index contributed by atoms with van der Waals surface area (Å²) in [6.07, 6.45) is 1.35. The predicted molar refractivity (Wildman–Crippen MR) is 86.1 cm³/mol. The molecule has 0 saturated heterocycles. The molecule has 0 aliphatic rings. The number of carbonyl (C=O) groups is 1. The Bertz CT molecular complexity index is 470. The van der Waals surface area contributed by atoms with Crippen LogP contribution in [0.15, 0.2) is 23.1 Å². The van der Waals surface area contributed by atoms with Crippen LogP contribution in [-0.2, 0) is 4.79 Å². The molecule has 112 valence electrons. The third-order valence-electron chi connectivity index (χ3n) is 3.01. The van der Waals surface area contributed by atoms with Gasteiger partial charge in [0.2, 0.25) is 0 Å². The largest absolute Gasteiger partial charge is 0.480 e. The highest BCUT2D eigenvalue weighted by atomic mass is 35.5. The van der Waals surface area contributed by atoms with Crippen LogP contribution in [0, 0.1) is 0 Å². The molecule has 1 unspecified atom stereocenters. The molecular weight excluding hydrogens is 317 g/mol. The van der Waals surface area contributed by atoms with Crippen molar-refractivity contribution in [1.29, 1.82) is 0 Å². The number of carboxylic acids is 1. The monoisotopic (exact) mass is 335 g/mol. The minimum absolute atomic E-state index is 0.571. The average molecular weight is 336 g/mol. The first-order valence-electron chi connectivity index (χ1n) is 6.45. The van der Waals surface area contributed by atoms with Gasteiger partial charge in [0, 0.05) is 9.92 Å². The lowest BCUT2D eigenvalue weighted by Crippen LogP contribution is -2.49. The van der Waals surface area contributed by atoms with Crippen molar-refractivity contribution in [2.24, 2.45) is 0 Å². The van der Waals surface area contributed by atoms with Crippen molar-refractivity contribution < 1.29 is 9.90 Å². The van der Waals surface area contributed by atoms with Gasteiger partial charge < -0.3 is 10.4 Å². The zero-order chi connectivity index (χ0) is 15.2. The van der Waals surface area contributed by atoms with Crippen molar-refractivity contribution in [3.63, 3.8) is 0 Å². The Balaban J connectivity index is 2.48. The second-order valence-electron chi connectivity index (χ2n) is 4.69. The summed E-state index contributed by atoms with van der Waals surface area (Å²) in [4.78, 5) is 12.2. The molecule has 0 spiro atoms. The lowest BCUT2D eigenvalue weighted by Gasteiger charge is -2.25. The summed E-state index contributed by atoms with van der Waals surface area (Å²) in [6, 6.07) is 5.35. The Morgan fingerprint density at radius 1 is 1.45 bits per heavy atom. The van der Waals surface area contributed by atoms with E-state index in [1.807, 2.05) is 13.0 Å². The first-order chi connectivity index (χ1) is 9.39. The van der Waals surface area contributed by atoms with E-state index in [1.165, 1.54) is 0 Å². The first kappa shape index (κ1) is 17.6. The van der Waals surface area contributed by atoms with Crippen molar-refractivity contribution >= 4 is 40.9 Å². The third kappa shape index (κ3) is 5.17. The number of halogens is 2. The van der Waals surface area contributed by atoms with E-state index < -0.39 is 11.5 Å².